The van der Waals surface area contributed by atoms with Crippen LogP contribution in [-0.2, 0) is 9.53 Å². The number of aromatic hydroxyl groups is 1. The van der Waals surface area contributed by atoms with Crippen molar-refractivity contribution in [2.45, 2.75) is 25.9 Å². The van der Waals surface area contributed by atoms with Crippen LogP contribution in [0.1, 0.15) is 19.4 Å². The molecule has 4 nitrogen and oxygen atoms in total. The summed E-state index contributed by atoms with van der Waals surface area (Å²) in [4.78, 5) is 10.5. The van der Waals surface area contributed by atoms with E-state index in [0.29, 0.717) is 7.14 Å². The van der Waals surface area contributed by atoms with E-state index in [9.17, 15) is 23.8 Å². The molecule has 0 heterocycles. The number of aliphatic carboxylic acids is 1. The molecule has 0 aliphatic rings. The molecule has 0 fully saturated rings. The summed E-state index contributed by atoms with van der Waals surface area (Å²) in [5.74, 6) is -6.99. The van der Waals surface area contributed by atoms with Gasteiger partial charge >= 0.3 is 5.92 Å². The van der Waals surface area contributed by atoms with E-state index in [1.54, 1.807) is 18.2 Å². The summed E-state index contributed by atoms with van der Waals surface area (Å²) in [5, 5.41) is 20.2. The van der Waals surface area contributed by atoms with E-state index in [4.69, 9.17) is 4.74 Å². The van der Waals surface area contributed by atoms with Crippen LogP contribution in [0.5, 0.6) is 5.75 Å². The first-order valence-electron chi connectivity index (χ1n) is 6.62. The normalized spacial score (nSPS) is 13.7. The van der Waals surface area contributed by atoms with Crippen LogP contribution in [0.3, 0.4) is 0 Å². The molecule has 0 aliphatic carbocycles. The summed E-state index contributed by atoms with van der Waals surface area (Å²) in [6.07, 6.45) is 1.40. The van der Waals surface area contributed by atoms with E-state index in [1.165, 1.54) is 19.9 Å². The van der Waals surface area contributed by atoms with Crippen molar-refractivity contribution in [3.05, 3.63) is 30.9 Å². The van der Waals surface area contributed by atoms with E-state index < -0.39 is 23.9 Å². The van der Waals surface area contributed by atoms with Crippen molar-refractivity contribution in [2.24, 2.45) is 5.92 Å². The van der Waals surface area contributed by atoms with Crippen LogP contribution >= 0.6 is 45.2 Å². The maximum absolute atomic E-state index is 13.5. The predicted molar refractivity (Wildman–Crippen MR) is 97.1 cm³/mol. The second-order valence-electron chi connectivity index (χ2n) is 5.14. The Bertz CT molecular complexity index is 580. The van der Waals surface area contributed by atoms with Gasteiger partial charge in [-0.1, -0.05) is 26.0 Å². The molecule has 23 heavy (non-hydrogen) atoms. The van der Waals surface area contributed by atoms with Gasteiger partial charge < -0.3 is 19.7 Å². The highest BCUT2D eigenvalue weighted by atomic mass is 127. The largest absolute Gasteiger partial charge is 0.544 e. The highest BCUT2D eigenvalue weighted by molar-refractivity contribution is 14.1. The van der Waals surface area contributed by atoms with Gasteiger partial charge in [-0.3, -0.25) is 0 Å². The van der Waals surface area contributed by atoms with E-state index in [1.807, 2.05) is 45.2 Å². The van der Waals surface area contributed by atoms with Gasteiger partial charge in [0, 0.05) is 0 Å². The zero-order chi connectivity index (χ0) is 17.8. The molecule has 0 amide bonds. The van der Waals surface area contributed by atoms with Crippen LogP contribution < -0.4 is 5.11 Å². The molecule has 1 aromatic carbocycles. The van der Waals surface area contributed by atoms with Gasteiger partial charge in [-0.15, -0.1) is 0 Å². The second-order valence-corrected chi connectivity index (χ2v) is 7.47. The molecular formula is C15H15F2I2O4-. The smallest absolute Gasteiger partial charge is 0.312 e. The summed E-state index contributed by atoms with van der Waals surface area (Å²) in [7, 11) is 0. The monoisotopic (exact) mass is 551 g/mol. The van der Waals surface area contributed by atoms with Crippen molar-refractivity contribution in [2.75, 3.05) is 6.61 Å². The molecule has 0 aliphatic heterocycles. The number of carboxylic acid groups (broad SMARTS) is 1. The van der Waals surface area contributed by atoms with E-state index >= 15 is 0 Å². The molecule has 0 bridgehead atoms. The molecule has 0 aromatic heterocycles. The third-order valence-corrected chi connectivity index (χ3v) is 4.60. The minimum atomic E-state index is -4.05. The standard InChI is InChI=1S/C15H16F2I2O4/c1-8(2)13(15(16,17)14(21)22)23-5-3-4-9-6-10(18)12(20)11(19)7-9/h3-4,6-8,13,20H,5H2,1-2H3,(H,21,22)/p-1/b4-3+. The third-order valence-electron chi connectivity index (χ3n) is 2.96. The van der Waals surface area contributed by atoms with Gasteiger partial charge in [0.05, 0.1) is 13.7 Å². The number of halogens is 4. The Balaban J connectivity index is 2.76. The highest BCUT2D eigenvalue weighted by Crippen LogP contribution is 2.28. The average Bonchev–Trinajstić information content (AvgIpc) is 2.43. The molecule has 128 valence electrons. The Morgan fingerprint density at radius 2 is 1.91 bits per heavy atom. The third kappa shape index (κ3) is 5.52. The lowest BCUT2D eigenvalue weighted by Crippen LogP contribution is -2.52. The minimum Gasteiger partial charge on any atom is -0.544 e. The van der Waals surface area contributed by atoms with Crippen LogP contribution in [0, 0.1) is 13.1 Å². The molecule has 1 aromatic rings. The molecule has 1 N–H and O–H groups in total. The van der Waals surface area contributed by atoms with E-state index in [0.717, 1.165) is 5.56 Å². The lowest BCUT2D eigenvalue weighted by Gasteiger charge is -2.30. The number of hydrogen-bond donors (Lipinski definition) is 1. The number of carbonyl (C=O) groups is 1. The second kappa shape index (κ2) is 8.56. The van der Waals surface area contributed by atoms with E-state index in [2.05, 4.69) is 0 Å². The van der Waals surface area contributed by atoms with Crippen molar-refractivity contribution in [1.29, 1.82) is 0 Å². The fourth-order valence-electron chi connectivity index (χ4n) is 1.86. The van der Waals surface area contributed by atoms with Crippen LogP contribution in [-0.4, -0.2) is 29.7 Å². The molecule has 8 heteroatoms. The number of carboxylic acids is 1. The summed E-state index contributed by atoms with van der Waals surface area (Å²) >= 11 is 3.96. The van der Waals surface area contributed by atoms with Gasteiger partial charge in [0.2, 0.25) is 0 Å². The molecule has 1 atom stereocenters. The van der Waals surface area contributed by atoms with Crippen LogP contribution in [0.4, 0.5) is 8.78 Å². The predicted octanol–water partition coefficient (Wildman–Crippen LogP) is 3.04. The van der Waals surface area contributed by atoms with Gasteiger partial charge in [0.15, 0.2) is 0 Å². The lowest BCUT2D eigenvalue weighted by atomic mass is 10.0. The minimum absolute atomic E-state index is 0.167. The van der Waals surface area contributed by atoms with Gasteiger partial charge in [-0.05, 0) is 68.8 Å². The van der Waals surface area contributed by atoms with Crippen LogP contribution in [0.25, 0.3) is 6.08 Å². The molecule has 1 unspecified atom stereocenters. The van der Waals surface area contributed by atoms with Gasteiger partial charge in [0.1, 0.15) is 17.8 Å². The molecule has 1 rings (SSSR count). The molecule has 0 saturated heterocycles. The number of alkyl halides is 2. The SMILES string of the molecule is CC(C)C(OC/C=C/c1cc(I)c(O)c(I)c1)C(F)(F)C(=O)[O-]. The number of phenols is 1. The van der Waals surface area contributed by atoms with Crippen molar-refractivity contribution < 1.29 is 28.5 Å². The first-order chi connectivity index (χ1) is 10.6. The Morgan fingerprint density at radius 3 is 2.35 bits per heavy atom. The first-order valence-corrected chi connectivity index (χ1v) is 8.78. The van der Waals surface area contributed by atoms with E-state index in [-0.39, 0.29) is 12.4 Å². The first kappa shape index (κ1) is 20.6. The molecule has 0 radical (unpaired) electrons. The number of benzene rings is 1. The van der Waals surface area contributed by atoms with Gasteiger partial charge in [0.25, 0.3) is 0 Å². The van der Waals surface area contributed by atoms with Gasteiger partial charge in [-0.2, -0.15) is 8.78 Å². The Kier molecular flexibility index (Phi) is 7.65. The lowest BCUT2D eigenvalue weighted by molar-refractivity contribution is -0.338. The average molecular weight is 551 g/mol. The fraction of sp³-hybridized carbons (Fsp3) is 0.400. The van der Waals surface area contributed by atoms with Crippen molar-refractivity contribution >= 4 is 57.2 Å². The number of hydrogen-bond acceptors (Lipinski definition) is 4. The van der Waals surface area contributed by atoms with Crippen LogP contribution in [0.2, 0.25) is 0 Å². The van der Waals surface area contributed by atoms with Crippen molar-refractivity contribution in [1.82, 2.24) is 0 Å². The maximum Gasteiger partial charge on any atom is 0.312 e. The Labute approximate surface area is 160 Å². The van der Waals surface area contributed by atoms with Gasteiger partial charge in [-0.25, -0.2) is 0 Å². The quantitative estimate of drug-likeness (QED) is 0.530. The maximum atomic E-state index is 13.5. The number of phenolic OH excluding ortho intramolecular Hbond substituents is 1. The highest BCUT2D eigenvalue weighted by Gasteiger charge is 2.43. The van der Waals surface area contributed by atoms with Crippen LogP contribution in [0.15, 0.2) is 18.2 Å². The topological polar surface area (TPSA) is 69.6 Å². The fourth-order valence-corrected chi connectivity index (χ4v) is 3.67. The summed E-state index contributed by atoms with van der Waals surface area (Å²) in [6, 6.07) is 3.45. The Morgan fingerprint density at radius 1 is 1.39 bits per heavy atom. The molecule has 0 spiro atoms. The summed E-state index contributed by atoms with van der Waals surface area (Å²) in [5.41, 5.74) is 0.771. The Hall–Kier alpha value is -0.490. The summed E-state index contributed by atoms with van der Waals surface area (Å²) in [6.45, 7) is 2.74. The number of rotatable bonds is 7. The number of ether oxygens (including phenoxy) is 1. The molecular weight excluding hydrogens is 536 g/mol. The van der Waals surface area contributed by atoms with Crippen molar-refractivity contribution in [3.63, 3.8) is 0 Å². The zero-order valence-electron chi connectivity index (χ0n) is 12.4. The number of carbonyl (C=O) groups excluding carboxylic acids is 1. The zero-order valence-corrected chi connectivity index (χ0v) is 16.7. The molecule has 0 saturated carbocycles. The summed E-state index contributed by atoms with van der Waals surface area (Å²) < 4.78 is 33.4. The van der Waals surface area contributed by atoms with Crippen molar-refractivity contribution in [3.8, 4) is 5.75 Å².